The molecule has 0 spiro atoms. The van der Waals surface area contributed by atoms with Crippen LogP contribution in [-0.2, 0) is 0 Å². The normalized spacial score (nSPS) is 15.6. The molecule has 178 valence electrons. The van der Waals surface area contributed by atoms with Gasteiger partial charge in [-0.2, -0.15) is 5.10 Å². The summed E-state index contributed by atoms with van der Waals surface area (Å²) < 4.78 is 13.6. The molecule has 0 saturated heterocycles. The van der Waals surface area contributed by atoms with Crippen molar-refractivity contribution in [2.24, 2.45) is 5.10 Å². The number of nitrogens with zero attached hydrogens (tertiary/aromatic N) is 3. The van der Waals surface area contributed by atoms with Gasteiger partial charge < -0.3 is 0 Å². The van der Waals surface area contributed by atoms with Gasteiger partial charge in [-0.1, -0.05) is 86.6 Å². The van der Waals surface area contributed by atoms with E-state index in [4.69, 9.17) is 10.1 Å². The Labute approximate surface area is 214 Å². The zero-order valence-electron chi connectivity index (χ0n) is 20.2. The fourth-order valence-electron chi connectivity index (χ4n) is 4.72. The summed E-state index contributed by atoms with van der Waals surface area (Å²) in [6.45, 7) is 4.41. The van der Waals surface area contributed by atoms with Crippen molar-refractivity contribution in [1.82, 2.24) is 4.98 Å². The summed E-state index contributed by atoms with van der Waals surface area (Å²) in [6.07, 6.45) is 0.734. The van der Waals surface area contributed by atoms with Gasteiger partial charge in [0.1, 0.15) is 5.82 Å². The van der Waals surface area contributed by atoms with Crippen LogP contribution in [0.25, 0.3) is 22.0 Å². The minimum Gasteiger partial charge on any atom is -0.231 e. The Morgan fingerprint density at radius 3 is 2.33 bits per heavy atom. The van der Waals surface area contributed by atoms with Crippen LogP contribution in [0.4, 0.5) is 9.52 Å². The number of thiazole rings is 1. The van der Waals surface area contributed by atoms with Crippen molar-refractivity contribution < 1.29 is 4.39 Å². The second kappa shape index (κ2) is 9.32. The standard InChI is InChI=1S/C31H26FN3S/c1-20(2)21-7-10-24(11-8-21)30-18-28(23-13-15-27(32)16-14-23)34-35(30)31-33-29(19-36-31)26-12-9-22-5-3-4-6-25(22)17-26/h3-17,19-20,30H,18H2,1-2H3/t30-/m0/s1. The smallest absolute Gasteiger partial charge is 0.207 e. The van der Waals surface area contributed by atoms with Gasteiger partial charge in [0.25, 0.3) is 0 Å². The number of fused-ring (bicyclic) bond motifs is 1. The molecule has 1 aliphatic rings. The van der Waals surface area contributed by atoms with E-state index in [0.717, 1.165) is 34.1 Å². The van der Waals surface area contributed by atoms with Crippen molar-refractivity contribution in [1.29, 1.82) is 0 Å². The van der Waals surface area contributed by atoms with E-state index in [1.165, 1.54) is 34.0 Å². The van der Waals surface area contributed by atoms with Gasteiger partial charge in [-0.3, -0.25) is 0 Å². The van der Waals surface area contributed by atoms with Gasteiger partial charge in [0, 0.05) is 17.4 Å². The first-order valence-corrected chi connectivity index (χ1v) is 13.1. The van der Waals surface area contributed by atoms with Gasteiger partial charge in [0.2, 0.25) is 5.13 Å². The molecule has 0 unspecified atom stereocenters. The van der Waals surface area contributed by atoms with Gasteiger partial charge in [0.05, 0.1) is 17.4 Å². The SMILES string of the molecule is CC(C)c1ccc([C@@H]2CC(c3ccc(F)cc3)=NN2c2nc(-c3ccc4ccccc4c3)cs2)cc1. The lowest BCUT2D eigenvalue weighted by Gasteiger charge is -2.21. The zero-order valence-corrected chi connectivity index (χ0v) is 21.0. The molecule has 0 fully saturated rings. The summed E-state index contributed by atoms with van der Waals surface area (Å²) in [5.74, 6) is 0.239. The van der Waals surface area contributed by atoms with Gasteiger partial charge in [-0.25, -0.2) is 14.4 Å². The van der Waals surface area contributed by atoms with Crippen LogP contribution in [0.3, 0.4) is 0 Å². The van der Waals surface area contributed by atoms with Crippen LogP contribution in [-0.4, -0.2) is 10.7 Å². The average Bonchev–Trinajstić information content (AvgIpc) is 3.57. The number of anilines is 1. The summed E-state index contributed by atoms with van der Waals surface area (Å²) in [5, 5.41) is 12.4. The molecule has 0 radical (unpaired) electrons. The second-order valence-electron chi connectivity index (χ2n) is 9.52. The minimum absolute atomic E-state index is 0.0295. The maximum absolute atomic E-state index is 13.6. The van der Waals surface area contributed by atoms with E-state index >= 15 is 0 Å². The Kier molecular flexibility index (Phi) is 5.86. The van der Waals surface area contributed by atoms with Crippen molar-refractivity contribution in [2.75, 3.05) is 5.01 Å². The van der Waals surface area contributed by atoms with E-state index in [-0.39, 0.29) is 11.9 Å². The van der Waals surface area contributed by atoms with Crippen molar-refractivity contribution in [3.63, 3.8) is 0 Å². The van der Waals surface area contributed by atoms with Gasteiger partial charge >= 0.3 is 0 Å². The summed E-state index contributed by atoms with van der Waals surface area (Å²) >= 11 is 1.60. The van der Waals surface area contributed by atoms with Crippen LogP contribution in [0.15, 0.2) is 101 Å². The third-order valence-corrected chi connectivity index (χ3v) is 7.64. The third kappa shape index (κ3) is 4.31. The highest BCUT2D eigenvalue weighted by molar-refractivity contribution is 7.14. The third-order valence-electron chi connectivity index (χ3n) is 6.81. The van der Waals surface area contributed by atoms with Crippen molar-refractivity contribution in [3.05, 3.63) is 119 Å². The number of halogens is 1. The number of aromatic nitrogens is 1. The Balaban J connectivity index is 1.37. The highest BCUT2D eigenvalue weighted by Crippen LogP contribution is 2.40. The fraction of sp³-hybridized carbons (Fsp3) is 0.161. The maximum Gasteiger partial charge on any atom is 0.207 e. The Morgan fingerprint density at radius 1 is 0.861 bits per heavy atom. The molecule has 2 heterocycles. The molecule has 0 aliphatic carbocycles. The highest BCUT2D eigenvalue weighted by Gasteiger charge is 2.32. The van der Waals surface area contributed by atoms with Crippen molar-refractivity contribution in [3.8, 4) is 11.3 Å². The van der Waals surface area contributed by atoms with E-state index in [2.05, 4.69) is 86.0 Å². The van der Waals surface area contributed by atoms with Crippen LogP contribution >= 0.6 is 11.3 Å². The maximum atomic E-state index is 13.6. The van der Waals surface area contributed by atoms with E-state index in [9.17, 15) is 4.39 Å². The molecule has 4 aromatic carbocycles. The van der Waals surface area contributed by atoms with Crippen molar-refractivity contribution >= 4 is 33.0 Å². The highest BCUT2D eigenvalue weighted by atomic mass is 32.1. The first-order valence-electron chi connectivity index (χ1n) is 12.2. The number of benzene rings is 4. The molecular weight excluding hydrogens is 465 g/mol. The molecule has 1 aliphatic heterocycles. The largest absolute Gasteiger partial charge is 0.231 e. The van der Waals surface area contributed by atoms with Crippen LogP contribution in [0.1, 0.15) is 48.9 Å². The molecule has 5 heteroatoms. The predicted octanol–water partition coefficient (Wildman–Crippen LogP) is 8.58. The van der Waals surface area contributed by atoms with Crippen molar-refractivity contribution in [2.45, 2.75) is 32.2 Å². The number of hydrazone groups is 1. The van der Waals surface area contributed by atoms with Crippen LogP contribution in [0.2, 0.25) is 0 Å². The zero-order chi connectivity index (χ0) is 24.6. The Morgan fingerprint density at radius 2 is 1.58 bits per heavy atom. The molecule has 1 atom stereocenters. The van der Waals surface area contributed by atoms with E-state index in [1.54, 1.807) is 23.5 Å². The summed E-state index contributed by atoms with van der Waals surface area (Å²) in [7, 11) is 0. The van der Waals surface area contributed by atoms with E-state index in [1.807, 2.05) is 5.01 Å². The molecule has 36 heavy (non-hydrogen) atoms. The molecule has 5 aromatic rings. The monoisotopic (exact) mass is 491 g/mol. The lowest BCUT2D eigenvalue weighted by atomic mass is 9.95. The molecule has 6 rings (SSSR count). The fourth-order valence-corrected chi connectivity index (χ4v) is 5.55. The molecule has 1 aromatic heterocycles. The number of rotatable bonds is 5. The van der Waals surface area contributed by atoms with Crippen LogP contribution in [0, 0.1) is 5.82 Å². The average molecular weight is 492 g/mol. The topological polar surface area (TPSA) is 28.5 Å². The summed E-state index contributed by atoms with van der Waals surface area (Å²) in [4.78, 5) is 5.01. The molecular formula is C31H26FN3S. The van der Waals surface area contributed by atoms with E-state index in [0.29, 0.717) is 5.92 Å². The summed E-state index contributed by atoms with van der Waals surface area (Å²) in [6, 6.07) is 30.3. The summed E-state index contributed by atoms with van der Waals surface area (Å²) in [5.41, 5.74) is 6.43. The number of hydrogen-bond acceptors (Lipinski definition) is 4. The van der Waals surface area contributed by atoms with E-state index < -0.39 is 0 Å². The number of hydrogen-bond donors (Lipinski definition) is 0. The minimum atomic E-state index is -0.241. The lowest BCUT2D eigenvalue weighted by Crippen LogP contribution is -2.18. The molecule has 0 N–H and O–H groups in total. The first-order chi connectivity index (χ1) is 17.5. The lowest BCUT2D eigenvalue weighted by molar-refractivity contribution is 0.627. The van der Waals surface area contributed by atoms with Crippen LogP contribution < -0.4 is 5.01 Å². The van der Waals surface area contributed by atoms with Gasteiger partial charge in [-0.15, -0.1) is 11.3 Å². The molecule has 3 nitrogen and oxygen atoms in total. The predicted molar refractivity (Wildman–Crippen MR) is 148 cm³/mol. The molecule has 0 bridgehead atoms. The van der Waals surface area contributed by atoms with Gasteiger partial charge in [0.15, 0.2) is 0 Å². The molecule has 0 saturated carbocycles. The van der Waals surface area contributed by atoms with Gasteiger partial charge in [-0.05, 0) is 51.6 Å². The second-order valence-corrected chi connectivity index (χ2v) is 10.4. The molecule has 0 amide bonds. The Bertz CT molecular complexity index is 1550. The Hall–Kier alpha value is -3.83. The van der Waals surface area contributed by atoms with Crippen LogP contribution in [0.5, 0.6) is 0 Å². The first kappa shape index (κ1) is 22.6. The quantitative estimate of drug-likeness (QED) is 0.246.